The monoisotopic (exact) mass is 358 g/mol. The number of piperidine rings is 1. The van der Waals surface area contributed by atoms with Crippen LogP contribution in [0.5, 0.6) is 0 Å². The van der Waals surface area contributed by atoms with Gasteiger partial charge in [0.05, 0.1) is 12.5 Å². The summed E-state index contributed by atoms with van der Waals surface area (Å²) in [6.07, 6.45) is 3.62. The minimum atomic E-state index is -0.264. The highest BCUT2D eigenvalue weighted by atomic mass is 16.5. The van der Waals surface area contributed by atoms with Gasteiger partial charge in [-0.25, -0.2) is 0 Å². The highest BCUT2D eigenvalue weighted by Crippen LogP contribution is 2.27. The van der Waals surface area contributed by atoms with Crippen LogP contribution in [0.25, 0.3) is 0 Å². The Morgan fingerprint density at radius 2 is 2.00 bits per heavy atom. The molecule has 1 aromatic rings. The summed E-state index contributed by atoms with van der Waals surface area (Å²) in [6, 6.07) is 7.78. The summed E-state index contributed by atoms with van der Waals surface area (Å²) in [5, 5.41) is 0. The van der Waals surface area contributed by atoms with Gasteiger partial charge < -0.3 is 14.5 Å². The summed E-state index contributed by atoms with van der Waals surface area (Å²) >= 11 is 0. The molecular formula is C20H26N2O4. The summed E-state index contributed by atoms with van der Waals surface area (Å²) in [4.78, 5) is 40.7. The molecule has 1 aromatic carbocycles. The highest BCUT2D eigenvalue weighted by Gasteiger charge is 2.31. The van der Waals surface area contributed by atoms with E-state index in [2.05, 4.69) is 0 Å². The topological polar surface area (TPSA) is 66.9 Å². The standard InChI is InChI=1S/C20H26N2O4/c1-2-26-20(25)16-9-6-12-21(13-16)19(24)14-22-17-10-4-3-7-15(17)8-5-11-18(22)23/h3-4,7,10,16H,2,5-6,8-9,11-14H2,1H3/t16-/m0/s1. The molecular weight excluding hydrogens is 332 g/mol. The number of rotatable bonds is 4. The van der Waals surface area contributed by atoms with Crippen molar-refractivity contribution in [3.05, 3.63) is 29.8 Å². The zero-order valence-corrected chi connectivity index (χ0v) is 15.3. The number of fused-ring (bicyclic) bond motifs is 1. The number of esters is 1. The molecule has 3 rings (SSSR count). The Labute approximate surface area is 154 Å². The number of hydrogen-bond donors (Lipinski definition) is 0. The second-order valence-electron chi connectivity index (χ2n) is 6.89. The number of carbonyl (C=O) groups is 3. The fourth-order valence-corrected chi connectivity index (χ4v) is 3.75. The van der Waals surface area contributed by atoms with Crippen molar-refractivity contribution in [2.24, 2.45) is 5.92 Å². The van der Waals surface area contributed by atoms with E-state index in [0.717, 1.165) is 36.9 Å². The molecule has 0 bridgehead atoms. The van der Waals surface area contributed by atoms with E-state index < -0.39 is 0 Å². The molecule has 6 nitrogen and oxygen atoms in total. The van der Waals surface area contributed by atoms with E-state index in [1.54, 1.807) is 16.7 Å². The van der Waals surface area contributed by atoms with Crippen LogP contribution in [-0.2, 0) is 25.5 Å². The lowest BCUT2D eigenvalue weighted by atomic mass is 9.98. The number of likely N-dealkylation sites (tertiary alicyclic amines) is 1. The fraction of sp³-hybridized carbons (Fsp3) is 0.550. The Balaban J connectivity index is 1.70. The van der Waals surface area contributed by atoms with Crippen LogP contribution in [0.2, 0.25) is 0 Å². The Hall–Kier alpha value is -2.37. The van der Waals surface area contributed by atoms with Gasteiger partial charge in [0.2, 0.25) is 11.8 Å². The van der Waals surface area contributed by atoms with Gasteiger partial charge in [0, 0.05) is 25.2 Å². The van der Waals surface area contributed by atoms with Crippen molar-refractivity contribution >= 4 is 23.5 Å². The summed E-state index contributed by atoms with van der Waals surface area (Å²) in [5.74, 6) is -0.618. The minimum Gasteiger partial charge on any atom is -0.466 e. The van der Waals surface area contributed by atoms with Crippen LogP contribution in [0.15, 0.2) is 24.3 Å². The largest absolute Gasteiger partial charge is 0.466 e. The molecule has 1 fully saturated rings. The second-order valence-corrected chi connectivity index (χ2v) is 6.89. The maximum atomic E-state index is 12.8. The number of nitrogens with zero attached hydrogens (tertiary/aromatic N) is 2. The predicted octanol–water partition coefficient (Wildman–Crippen LogP) is 2.16. The summed E-state index contributed by atoms with van der Waals surface area (Å²) in [6.45, 7) is 3.17. The van der Waals surface area contributed by atoms with Crippen LogP contribution in [-0.4, -0.2) is 48.9 Å². The van der Waals surface area contributed by atoms with Gasteiger partial charge in [-0.05, 0) is 44.2 Å². The smallest absolute Gasteiger partial charge is 0.310 e. The summed E-state index contributed by atoms with van der Waals surface area (Å²) < 4.78 is 5.10. The van der Waals surface area contributed by atoms with Gasteiger partial charge in [-0.2, -0.15) is 0 Å². The molecule has 1 atom stereocenters. The van der Waals surface area contributed by atoms with Crippen molar-refractivity contribution in [2.45, 2.75) is 39.0 Å². The first-order chi connectivity index (χ1) is 12.6. The average molecular weight is 358 g/mol. The molecule has 0 aromatic heterocycles. The lowest BCUT2D eigenvalue weighted by molar-refractivity contribution is -0.151. The lowest BCUT2D eigenvalue weighted by Crippen LogP contribution is -2.48. The average Bonchev–Trinajstić information content (AvgIpc) is 2.81. The minimum absolute atomic E-state index is 0.0118. The van der Waals surface area contributed by atoms with Crippen molar-refractivity contribution in [2.75, 3.05) is 31.1 Å². The first-order valence-corrected chi connectivity index (χ1v) is 9.42. The normalized spacial score (nSPS) is 20.3. The maximum Gasteiger partial charge on any atom is 0.310 e. The van der Waals surface area contributed by atoms with Crippen LogP contribution in [0.3, 0.4) is 0 Å². The van der Waals surface area contributed by atoms with Crippen molar-refractivity contribution in [1.29, 1.82) is 0 Å². The number of amides is 2. The Kier molecular flexibility index (Phi) is 5.91. The number of aryl methyl sites for hydroxylation is 1. The van der Waals surface area contributed by atoms with Crippen molar-refractivity contribution in [3.8, 4) is 0 Å². The van der Waals surface area contributed by atoms with Gasteiger partial charge in [-0.15, -0.1) is 0 Å². The van der Waals surface area contributed by atoms with Gasteiger partial charge in [0.25, 0.3) is 0 Å². The van der Waals surface area contributed by atoms with E-state index >= 15 is 0 Å². The number of anilines is 1. The first-order valence-electron chi connectivity index (χ1n) is 9.42. The molecule has 0 spiro atoms. The van der Waals surface area contributed by atoms with Crippen LogP contribution in [0.1, 0.15) is 38.2 Å². The predicted molar refractivity (Wildman–Crippen MR) is 97.7 cm³/mol. The molecule has 2 aliphatic rings. The van der Waals surface area contributed by atoms with Gasteiger partial charge in [-0.1, -0.05) is 18.2 Å². The van der Waals surface area contributed by atoms with E-state index in [-0.39, 0.29) is 30.2 Å². The molecule has 2 heterocycles. The molecule has 6 heteroatoms. The second kappa shape index (κ2) is 8.34. The Morgan fingerprint density at radius 1 is 1.19 bits per heavy atom. The van der Waals surface area contributed by atoms with Gasteiger partial charge >= 0.3 is 5.97 Å². The first kappa shape index (κ1) is 18.4. The van der Waals surface area contributed by atoms with E-state index in [0.29, 0.717) is 26.1 Å². The number of hydrogen-bond acceptors (Lipinski definition) is 4. The van der Waals surface area contributed by atoms with Crippen molar-refractivity contribution in [1.82, 2.24) is 4.90 Å². The van der Waals surface area contributed by atoms with E-state index in [1.165, 1.54) is 0 Å². The molecule has 140 valence electrons. The zero-order chi connectivity index (χ0) is 18.5. The van der Waals surface area contributed by atoms with Crippen LogP contribution >= 0.6 is 0 Å². The quantitative estimate of drug-likeness (QED) is 0.774. The van der Waals surface area contributed by atoms with Crippen molar-refractivity contribution in [3.63, 3.8) is 0 Å². The SMILES string of the molecule is CCOC(=O)[C@H]1CCCN(C(=O)CN2C(=O)CCCc3ccccc32)C1. The van der Waals surface area contributed by atoms with Crippen LogP contribution in [0.4, 0.5) is 5.69 Å². The molecule has 2 aliphatic heterocycles. The number of para-hydroxylation sites is 1. The third-order valence-electron chi connectivity index (χ3n) is 5.11. The Bertz CT molecular complexity index is 688. The van der Waals surface area contributed by atoms with E-state index in [4.69, 9.17) is 4.74 Å². The van der Waals surface area contributed by atoms with E-state index in [9.17, 15) is 14.4 Å². The maximum absolute atomic E-state index is 12.8. The molecule has 2 amide bonds. The third-order valence-corrected chi connectivity index (χ3v) is 5.11. The summed E-state index contributed by atoms with van der Waals surface area (Å²) in [5.41, 5.74) is 1.94. The lowest BCUT2D eigenvalue weighted by Gasteiger charge is -2.33. The van der Waals surface area contributed by atoms with Crippen molar-refractivity contribution < 1.29 is 19.1 Å². The number of ether oxygens (including phenoxy) is 1. The van der Waals surface area contributed by atoms with Gasteiger partial charge in [0.15, 0.2) is 0 Å². The molecule has 0 radical (unpaired) electrons. The van der Waals surface area contributed by atoms with Gasteiger partial charge in [0.1, 0.15) is 6.54 Å². The molecule has 26 heavy (non-hydrogen) atoms. The van der Waals surface area contributed by atoms with Crippen LogP contribution in [0, 0.1) is 5.92 Å². The van der Waals surface area contributed by atoms with Crippen LogP contribution < -0.4 is 4.90 Å². The zero-order valence-electron chi connectivity index (χ0n) is 15.3. The fourth-order valence-electron chi connectivity index (χ4n) is 3.75. The van der Waals surface area contributed by atoms with Gasteiger partial charge in [-0.3, -0.25) is 14.4 Å². The molecule has 0 unspecified atom stereocenters. The number of benzene rings is 1. The summed E-state index contributed by atoms with van der Waals surface area (Å²) in [7, 11) is 0. The van der Waals surface area contributed by atoms with E-state index in [1.807, 2.05) is 24.3 Å². The highest BCUT2D eigenvalue weighted by molar-refractivity contribution is 6.00. The molecule has 0 aliphatic carbocycles. The number of carbonyl (C=O) groups excluding carboxylic acids is 3. The molecule has 0 N–H and O–H groups in total. The Morgan fingerprint density at radius 3 is 2.81 bits per heavy atom. The molecule has 0 saturated carbocycles. The molecule has 1 saturated heterocycles. The third kappa shape index (κ3) is 4.06.